The highest BCUT2D eigenvalue weighted by atomic mass is 32.2. The van der Waals surface area contributed by atoms with Crippen molar-refractivity contribution in [3.63, 3.8) is 0 Å². The van der Waals surface area contributed by atoms with Gasteiger partial charge in [-0.3, -0.25) is 14.9 Å². The molecule has 1 saturated heterocycles. The van der Waals surface area contributed by atoms with Crippen molar-refractivity contribution >= 4 is 33.6 Å². The molecule has 0 radical (unpaired) electrons. The normalized spacial score (nSPS) is 18.0. The molecule has 1 aromatic carbocycles. The number of sulfonamides is 1. The second-order valence-corrected chi connectivity index (χ2v) is 9.45. The number of carbonyl (C=O) groups excluding carboxylic acids is 1. The lowest BCUT2D eigenvalue weighted by atomic mass is 9.88. The Morgan fingerprint density at radius 3 is 2.45 bits per heavy atom. The fourth-order valence-electron chi connectivity index (χ4n) is 3.07. The van der Waals surface area contributed by atoms with Crippen molar-refractivity contribution in [3.05, 3.63) is 39.3 Å². The zero-order valence-corrected chi connectivity index (χ0v) is 17.6. The summed E-state index contributed by atoms with van der Waals surface area (Å²) in [6.07, 6.45) is 0.679. The number of benzene rings is 1. The Labute approximate surface area is 172 Å². The first-order valence-electron chi connectivity index (χ1n) is 8.78. The monoisotopic (exact) mass is 446 g/mol. The van der Waals surface area contributed by atoms with E-state index in [1.165, 1.54) is 0 Å². The third-order valence-corrected chi connectivity index (χ3v) is 7.25. The number of likely N-dealkylation sites (tertiary alicyclic amines) is 1. The van der Waals surface area contributed by atoms with Crippen molar-refractivity contribution in [1.29, 1.82) is 0 Å². The van der Waals surface area contributed by atoms with E-state index in [0.29, 0.717) is 37.9 Å². The Balaban J connectivity index is 2.39. The highest BCUT2D eigenvalue weighted by molar-refractivity contribution is 7.99. The van der Waals surface area contributed by atoms with Crippen LogP contribution in [0.2, 0.25) is 0 Å². The zero-order valence-electron chi connectivity index (χ0n) is 15.9. The maximum atomic E-state index is 12.9. The van der Waals surface area contributed by atoms with E-state index in [4.69, 9.17) is 4.74 Å². The number of non-ortho nitro benzene ring substituents is 1. The number of esters is 1. The maximum Gasteiger partial charge on any atom is 0.325 e. The molecule has 0 bridgehead atoms. The summed E-state index contributed by atoms with van der Waals surface area (Å²) in [7, 11) is -2.35. The molecule has 13 heteroatoms. The Morgan fingerprint density at radius 1 is 1.38 bits per heavy atom. The molecule has 1 aliphatic heterocycles. The van der Waals surface area contributed by atoms with Crippen molar-refractivity contribution in [2.75, 3.05) is 26.7 Å². The highest BCUT2D eigenvalue weighted by Crippen LogP contribution is 2.40. The summed E-state index contributed by atoms with van der Waals surface area (Å²) in [5, 5.41) is 10.8. The number of hydrogen-bond acceptors (Lipinski definition) is 10. The van der Waals surface area contributed by atoms with E-state index in [0.717, 1.165) is 24.3 Å². The lowest BCUT2D eigenvalue weighted by Crippen LogP contribution is -2.59. The molecule has 0 spiro atoms. The number of rotatable bonds is 9. The number of nitrogens with one attached hydrogen (secondary N) is 1. The number of nitrogens with zero attached hydrogens (tertiary/aromatic N) is 3. The lowest BCUT2D eigenvalue weighted by molar-refractivity contribution is -0.384. The van der Waals surface area contributed by atoms with Gasteiger partial charge in [-0.15, -0.1) is 4.91 Å². The van der Waals surface area contributed by atoms with Crippen LogP contribution in [0, 0.1) is 15.0 Å². The molecule has 1 N–H and O–H groups in total. The van der Waals surface area contributed by atoms with Crippen LogP contribution in [0.5, 0.6) is 0 Å². The molecule has 1 fully saturated rings. The highest BCUT2D eigenvalue weighted by Gasteiger charge is 2.49. The minimum Gasteiger partial charge on any atom is -0.465 e. The van der Waals surface area contributed by atoms with Gasteiger partial charge in [0.2, 0.25) is 10.0 Å². The molecule has 0 aromatic heterocycles. The second-order valence-electron chi connectivity index (χ2n) is 6.59. The smallest absolute Gasteiger partial charge is 0.325 e. The van der Waals surface area contributed by atoms with Gasteiger partial charge in [-0.1, -0.05) is 0 Å². The standard InChI is InChI=1S/C16H22N4O7S2/c1-3-27-15(21)14(16(28-18-22)8-10-19(2)11-9-16)17-29(25,26)13-6-4-12(5-7-13)20(23)24/h4-7,14,17H,3,8-11H2,1-2H3. The predicted molar refractivity (Wildman–Crippen MR) is 107 cm³/mol. The first-order valence-corrected chi connectivity index (χ1v) is 11.0. The van der Waals surface area contributed by atoms with Crippen LogP contribution >= 0.6 is 11.9 Å². The third kappa shape index (κ3) is 5.50. The molecule has 1 aromatic rings. The predicted octanol–water partition coefficient (Wildman–Crippen LogP) is 1.68. The van der Waals surface area contributed by atoms with Crippen LogP contribution < -0.4 is 4.72 Å². The maximum absolute atomic E-state index is 12.9. The summed E-state index contributed by atoms with van der Waals surface area (Å²) in [4.78, 5) is 35.6. The average Bonchev–Trinajstić information content (AvgIpc) is 2.68. The van der Waals surface area contributed by atoms with E-state index in [2.05, 4.69) is 9.30 Å². The van der Waals surface area contributed by atoms with Gasteiger partial charge >= 0.3 is 5.97 Å². The van der Waals surface area contributed by atoms with Crippen molar-refractivity contribution in [2.45, 2.75) is 35.4 Å². The first kappa shape index (κ1) is 23.2. The summed E-state index contributed by atoms with van der Waals surface area (Å²) in [5.41, 5.74) is -0.265. The minimum atomic E-state index is -4.23. The van der Waals surface area contributed by atoms with Gasteiger partial charge in [-0.05, 0) is 52.0 Å². The lowest BCUT2D eigenvalue weighted by Gasteiger charge is -2.41. The molecule has 2 rings (SSSR count). The molecule has 0 saturated carbocycles. The average molecular weight is 447 g/mol. The number of nitro benzene ring substituents is 1. The molecule has 11 nitrogen and oxygen atoms in total. The molecule has 1 aliphatic rings. The van der Waals surface area contributed by atoms with Crippen LogP contribution in [0.25, 0.3) is 0 Å². The van der Waals surface area contributed by atoms with E-state index in [-0.39, 0.29) is 17.2 Å². The molecule has 1 heterocycles. The fraction of sp³-hybridized carbons (Fsp3) is 0.562. The number of ether oxygens (including phenoxy) is 1. The molecule has 1 atom stereocenters. The van der Waals surface area contributed by atoms with Gasteiger partial charge in [0.1, 0.15) is 6.04 Å². The summed E-state index contributed by atoms with van der Waals surface area (Å²) >= 11 is 0.632. The molecule has 160 valence electrons. The number of nitroso groups, excluding NO2 is 1. The number of carbonyl (C=O) groups is 1. The van der Waals surface area contributed by atoms with Gasteiger partial charge in [-0.25, -0.2) is 8.42 Å². The topological polar surface area (TPSA) is 148 Å². The first-order chi connectivity index (χ1) is 13.6. The molecule has 0 amide bonds. The van der Waals surface area contributed by atoms with Crippen molar-refractivity contribution in [3.8, 4) is 0 Å². The van der Waals surface area contributed by atoms with Gasteiger partial charge in [-0.2, -0.15) is 4.72 Å². The van der Waals surface area contributed by atoms with Gasteiger partial charge in [0.25, 0.3) is 5.69 Å². The van der Waals surface area contributed by atoms with Crippen molar-refractivity contribution < 1.29 is 22.9 Å². The zero-order chi connectivity index (χ0) is 21.7. The van der Waals surface area contributed by atoms with Crippen LogP contribution in [-0.4, -0.2) is 61.7 Å². The Bertz CT molecular complexity index is 853. The van der Waals surface area contributed by atoms with Gasteiger partial charge < -0.3 is 9.64 Å². The van der Waals surface area contributed by atoms with Crippen LogP contribution in [0.1, 0.15) is 19.8 Å². The minimum absolute atomic E-state index is 0.0315. The Morgan fingerprint density at radius 2 is 1.97 bits per heavy atom. The fourth-order valence-corrected chi connectivity index (χ4v) is 5.18. The van der Waals surface area contributed by atoms with Crippen molar-refractivity contribution in [1.82, 2.24) is 9.62 Å². The van der Waals surface area contributed by atoms with Gasteiger partial charge in [0, 0.05) is 28.7 Å². The summed E-state index contributed by atoms with van der Waals surface area (Å²) in [5.74, 6) is -0.807. The number of hydrogen-bond donors (Lipinski definition) is 1. The van der Waals surface area contributed by atoms with E-state index >= 15 is 0 Å². The SMILES string of the molecule is CCOC(=O)C(NS(=O)(=O)c1ccc([N+](=O)[O-])cc1)C1(SN=O)CCN(C)CC1. The number of piperidine rings is 1. The third-order valence-electron chi connectivity index (χ3n) is 4.73. The molecular formula is C16H22N4O7S2. The summed E-state index contributed by atoms with van der Waals surface area (Å²) < 4.78 is 34.9. The van der Waals surface area contributed by atoms with Crippen LogP contribution in [-0.2, 0) is 19.6 Å². The second kappa shape index (κ2) is 9.61. The van der Waals surface area contributed by atoms with Crippen molar-refractivity contribution in [2.24, 2.45) is 4.58 Å². The van der Waals surface area contributed by atoms with Gasteiger partial charge in [0.15, 0.2) is 0 Å². The Kier molecular flexibility index (Phi) is 7.68. The van der Waals surface area contributed by atoms with Gasteiger partial charge in [0.05, 0.1) is 21.2 Å². The van der Waals surface area contributed by atoms with E-state index in [1.807, 2.05) is 11.9 Å². The molecule has 0 aliphatic carbocycles. The summed E-state index contributed by atoms with van der Waals surface area (Å²) in [6, 6.07) is 2.92. The summed E-state index contributed by atoms with van der Waals surface area (Å²) in [6.45, 7) is 2.70. The largest absolute Gasteiger partial charge is 0.465 e. The molecular weight excluding hydrogens is 424 g/mol. The molecule has 1 unspecified atom stereocenters. The van der Waals surface area contributed by atoms with E-state index in [1.54, 1.807) is 6.92 Å². The molecule has 29 heavy (non-hydrogen) atoms. The quantitative estimate of drug-likeness (QED) is 0.197. The number of nitro groups is 1. The van der Waals surface area contributed by atoms with E-state index < -0.39 is 31.7 Å². The van der Waals surface area contributed by atoms with E-state index in [9.17, 15) is 28.2 Å². The van der Waals surface area contributed by atoms with Crippen LogP contribution in [0.15, 0.2) is 33.7 Å². The van der Waals surface area contributed by atoms with Crippen LogP contribution in [0.4, 0.5) is 5.69 Å². The Hall–Kier alpha value is -2.09. The van der Waals surface area contributed by atoms with Crippen LogP contribution in [0.3, 0.4) is 0 Å².